The average Bonchev–Trinajstić information content (AvgIpc) is 2.34. The van der Waals surface area contributed by atoms with Crippen LogP contribution in [0.5, 0.6) is 0 Å². The predicted octanol–water partition coefficient (Wildman–Crippen LogP) is 0.444. The predicted molar refractivity (Wildman–Crippen MR) is 67.3 cm³/mol. The van der Waals surface area contributed by atoms with Crippen molar-refractivity contribution in [2.24, 2.45) is 5.84 Å². The van der Waals surface area contributed by atoms with Crippen LogP contribution in [0, 0.1) is 6.92 Å². The number of halogens is 1. The van der Waals surface area contributed by atoms with E-state index in [0.717, 1.165) is 0 Å². The molecule has 0 saturated carbocycles. The van der Waals surface area contributed by atoms with Gasteiger partial charge in [-0.3, -0.25) is 9.59 Å². The van der Waals surface area contributed by atoms with Gasteiger partial charge in [0.15, 0.2) is 5.15 Å². The van der Waals surface area contributed by atoms with Gasteiger partial charge in [0.05, 0.1) is 18.7 Å². The fourth-order valence-corrected chi connectivity index (χ4v) is 1.60. The van der Waals surface area contributed by atoms with Crippen LogP contribution in [0.1, 0.15) is 19.0 Å². The molecule has 1 rings (SSSR count). The van der Waals surface area contributed by atoms with Crippen molar-refractivity contribution in [1.29, 1.82) is 0 Å². The van der Waals surface area contributed by atoms with Gasteiger partial charge in [-0.05, 0) is 13.8 Å². The summed E-state index contributed by atoms with van der Waals surface area (Å²) in [6.45, 7) is 3.83. The van der Waals surface area contributed by atoms with E-state index in [1.807, 2.05) is 0 Å². The Balaban J connectivity index is 2.98. The highest BCUT2D eigenvalue weighted by atomic mass is 35.5. The number of nitrogens with zero attached hydrogens (tertiary/aromatic N) is 2. The summed E-state index contributed by atoms with van der Waals surface area (Å²) >= 11 is 5.86. The maximum atomic E-state index is 11.9. The molecule has 0 aliphatic heterocycles. The van der Waals surface area contributed by atoms with Crippen molar-refractivity contribution >= 4 is 23.4 Å². The van der Waals surface area contributed by atoms with Crippen LogP contribution in [0.4, 0.5) is 5.82 Å². The summed E-state index contributed by atoms with van der Waals surface area (Å²) in [5, 5.41) is 0.159. The first-order valence-corrected chi connectivity index (χ1v) is 5.78. The average molecular weight is 275 g/mol. The number of rotatable bonds is 5. The van der Waals surface area contributed by atoms with Gasteiger partial charge in [0.1, 0.15) is 0 Å². The van der Waals surface area contributed by atoms with Crippen LogP contribution in [0.2, 0.25) is 5.15 Å². The Morgan fingerprint density at radius 3 is 2.83 bits per heavy atom. The van der Waals surface area contributed by atoms with Crippen molar-refractivity contribution in [3.63, 3.8) is 0 Å². The molecule has 1 aromatic heterocycles. The lowest BCUT2D eigenvalue weighted by molar-refractivity contribution is -0.143. The van der Waals surface area contributed by atoms with Crippen molar-refractivity contribution in [1.82, 2.24) is 9.55 Å². The summed E-state index contributed by atoms with van der Waals surface area (Å²) < 4.78 is 6.12. The number of hydrazine groups is 1. The van der Waals surface area contributed by atoms with Gasteiger partial charge < -0.3 is 14.7 Å². The minimum Gasteiger partial charge on any atom is -0.466 e. The van der Waals surface area contributed by atoms with Crippen molar-refractivity contribution < 1.29 is 9.53 Å². The molecule has 0 saturated heterocycles. The highest BCUT2D eigenvalue weighted by molar-refractivity contribution is 6.30. The molecule has 0 amide bonds. The van der Waals surface area contributed by atoms with Gasteiger partial charge in [0, 0.05) is 6.54 Å². The first-order chi connectivity index (χ1) is 8.51. The number of aromatic nitrogens is 2. The van der Waals surface area contributed by atoms with Gasteiger partial charge in [-0.25, -0.2) is 10.8 Å². The summed E-state index contributed by atoms with van der Waals surface area (Å²) in [5.41, 5.74) is 2.22. The van der Waals surface area contributed by atoms with Crippen LogP contribution in [-0.2, 0) is 16.1 Å². The van der Waals surface area contributed by atoms with Crippen LogP contribution >= 0.6 is 11.6 Å². The highest BCUT2D eigenvalue weighted by Gasteiger charge is 2.13. The van der Waals surface area contributed by atoms with Crippen LogP contribution in [0.25, 0.3) is 0 Å². The molecular weight excluding hydrogens is 260 g/mol. The fourth-order valence-electron chi connectivity index (χ4n) is 1.42. The van der Waals surface area contributed by atoms with Gasteiger partial charge in [-0.2, -0.15) is 0 Å². The summed E-state index contributed by atoms with van der Waals surface area (Å²) in [6.07, 6.45) is 0.0823. The number of nitrogen functional groups attached to an aromatic ring is 1. The number of ether oxygens (including phenoxy) is 1. The van der Waals surface area contributed by atoms with Crippen molar-refractivity contribution in [2.45, 2.75) is 26.8 Å². The Morgan fingerprint density at radius 1 is 1.61 bits per heavy atom. The third kappa shape index (κ3) is 3.21. The van der Waals surface area contributed by atoms with Crippen molar-refractivity contribution in [3.8, 4) is 0 Å². The van der Waals surface area contributed by atoms with Gasteiger partial charge in [-0.15, -0.1) is 0 Å². The number of carbonyl (C=O) groups excluding carboxylic acids is 1. The second kappa shape index (κ2) is 6.36. The van der Waals surface area contributed by atoms with Crippen LogP contribution in [-0.4, -0.2) is 22.1 Å². The Bertz CT molecular complexity index is 501. The highest BCUT2D eigenvalue weighted by Crippen LogP contribution is 2.12. The van der Waals surface area contributed by atoms with Gasteiger partial charge in [0.2, 0.25) is 5.82 Å². The SMILES string of the molecule is CCOC(=O)CCn1c(C)c(Cl)nc(NN)c1=O. The van der Waals surface area contributed by atoms with Gasteiger partial charge >= 0.3 is 5.97 Å². The number of hydrogen-bond donors (Lipinski definition) is 2. The number of anilines is 1. The van der Waals surface area contributed by atoms with Crippen molar-refractivity contribution in [3.05, 3.63) is 21.2 Å². The maximum Gasteiger partial charge on any atom is 0.307 e. The number of hydrogen-bond acceptors (Lipinski definition) is 6. The lowest BCUT2D eigenvalue weighted by Crippen LogP contribution is -2.30. The maximum absolute atomic E-state index is 11.9. The van der Waals surface area contributed by atoms with Crippen molar-refractivity contribution in [2.75, 3.05) is 12.0 Å². The van der Waals surface area contributed by atoms with E-state index in [0.29, 0.717) is 12.3 Å². The molecule has 7 nitrogen and oxygen atoms in total. The van der Waals surface area contributed by atoms with Crippen LogP contribution in [0.15, 0.2) is 4.79 Å². The molecule has 0 aliphatic carbocycles. The summed E-state index contributed by atoms with van der Waals surface area (Å²) in [5.74, 6) is 4.73. The molecule has 3 N–H and O–H groups in total. The molecule has 0 radical (unpaired) electrons. The van der Waals surface area contributed by atoms with E-state index in [-0.39, 0.29) is 29.9 Å². The zero-order valence-electron chi connectivity index (χ0n) is 10.2. The van der Waals surface area contributed by atoms with E-state index in [1.165, 1.54) is 4.57 Å². The molecule has 0 aromatic carbocycles. The molecule has 0 bridgehead atoms. The topological polar surface area (TPSA) is 99.2 Å². The second-order valence-corrected chi connectivity index (χ2v) is 3.85. The summed E-state index contributed by atoms with van der Waals surface area (Å²) in [4.78, 5) is 26.9. The van der Waals surface area contributed by atoms with E-state index in [2.05, 4.69) is 10.4 Å². The van der Waals surface area contributed by atoms with E-state index in [1.54, 1.807) is 13.8 Å². The summed E-state index contributed by atoms with van der Waals surface area (Å²) in [7, 11) is 0. The molecule has 1 heterocycles. The monoisotopic (exact) mass is 274 g/mol. The lowest BCUT2D eigenvalue weighted by Gasteiger charge is -2.12. The molecule has 1 aromatic rings. The summed E-state index contributed by atoms with van der Waals surface area (Å²) in [6, 6.07) is 0. The standard InChI is InChI=1S/C10H15ClN4O3/c1-3-18-7(16)4-5-15-6(2)8(11)13-9(14-12)10(15)17/h3-5,12H2,1-2H3,(H,13,14). The fraction of sp³-hybridized carbons (Fsp3) is 0.500. The molecule has 8 heteroatoms. The normalized spacial score (nSPS) is 10.2. The first kappa shape index (κ1) is 14.5. The Labute approximate surface area is 109 Å². The molecule has 0 unspecified atom stereocenters. The Morgan fingerprint density at radius 2 is 2.28 bits per heavy atom. The van der Waals surface area contributed by atoms with E-state index in [4.69, 9.17) is 22.2 Å². The quantitative estimate of drug-likeness (QED) is 0.459. The Hall–Kier alpha value is -1.60. The lowest BCUT2D eigenvalue weighted by atomic mass is 10.3. The van der Waals surface area contributed by atoms with Crippen LogP contribution < -0.4 is 16.8 Å². The minimum absolute atomic E-state index is 0.0607. The molecular formula is C10H15ClN4O3. The molecule has 100 valence electrons. The van der Waals surface area contributed by atoms with Crippen LogP contribution in [0.3, 0.4) is 0 Å². The second-order valence-electron chi connectivity index (χ2n) is 3.49. The minimum atomic E-state index is -0.427. The number of nitrogens with one attached hydrogen (secondary N) is 1. The molecule has 0 atom stereocenters. The molecule has 0 fully saturated rings. The van der Waals surface area contributed by atoms with E-state index < -0.39 is 5.56 Å². The largest absolute Gasteiger partial charge is 0.466 e. The Kier molecular flexibility index (Phi) is 5.11. The zero-order chi connectivity index (χ0) is 13.7. The first-order valence-electron chi connectivity index (χ1n) is 5.40. The number of nitrogens with two attached hydrogens (primary N) is 1. The van der Waals surface area contributed by atoms with Gasteiger partial charge in [0.25, 0.3) is 5.56 Å². The molecule has 0 aliphatic rings. The third-order valence-corrected chi connectivity index (χ3v) is 2.70. The molecule has 18 heavy (non-hydrogen) atoms. The molecule has 0 spiro atoms. The number of carbonyl (C=O) groups is 1. The van der Waals surface area contributed by atoms with Gasteiger partial charge in [-0.1, -0.05) is 11.6 Å². The third-order valence-electron chi connectivity index (χ3n) is 2.34. The van der Waals surface area contributed by atoms with E-state index >= 15 is 0 Å². The zero-order valence-corrected chi connectivity index (χ0v) is 11.0. The smallest absolute Gasteiger partial charge is 0.307 e. The number of esters is 1. The van der Waals surface area contributed by atoms with E-state index in [9.17, 15) is 9.59 Å².